The Morgan fingerprint density at radius 3 is 2.75 bits per heavy atom. The summed E-state index contributed by atoms with van der Waals surface area (Å²) in [5, 5.41) is 3.02. The van der Waals surface area contributed by atoms with Crippen LogP contribution in [0, 0.1) is 3.57 Å². The van der Waals surface area contributed by atoms with Crippen molar-refractivity contribution in [3.8, 4) is 0 Å². The van der Waals surface area contributed by atoms with E-state index in [0.717, 1.165) is 28.4 Å². The molecule has 1 aliphatic carbocycles. The zero-order chi connectivity index (χ0) is 11.5. The van der Waals surface area contributed by atoms with Crippen LogP contribution >= 0.6 is 22.6 Å². The zero-order valence-electron chi connectivity index (χ0n) is 8.95. The number of amides is 1. The summed E-state index contributed by atoms with van der Waals surface area (Å²) >= 11 is 2.18. The molecule has 0 spiro atoms. The number of nitrogens with two attached hydrogens (primary N) is 1. The summed E-state index contributed by atoms with van der Waals surface area (Å²) in [6, 6.07) is 7.85. The van der Waals surface area contributed by atoms with E-state index in [-0.39, 0.29) is 18.0 Å². The van der Waals surface area contributed by atoms with Crippen molar-refractivity contribution < 1.29 is 4.79 Å². The molecular formula is C12H15IN2O. The first-order valence-corrected chi connectivity index (χ1v) is 6.57. The first-order valence-electron chi connectivity index (χ1n) is 5.49. The molecule has 1 fully saturated rings. The molecule has 0 aromatic heterocycles. The Bertz CT molecular complexity index is 394. The van der Waals surface area contributed by atoms with Crippen molar-refractivity contribution in [3.63, 3.8) is 0 Å². The van der Waals surface area contributed by atoms with Crippen LogP contribution in [0.5, 0.6) is 0 Å². The second-order valence-electron chi connectivity index (χ2n) is 4.15. The van der Waals surface area contributed by atoms with Crippen LogP contribution in [0.25, 0.3) is 0 Å². The third kappa shape index (κ3) is 2.55. The molecule has 1 amide bonds. The lowest BCUT2D eigenvalue weighted by molar-refractivity contribution is 0.0933. The summed E-state index contributed by atoms with van der Waals surface area (Å²) in [6.45, 7) is 0. The van der Waals surface area contributed by atoms with Crippen LogP contribution in [-0.2, 0) is 0 Å². The average molecular weight is 330 g/mol. The van der Waals surface area contributed by atoms with Gasteiger partial charge in [0.25, 0.3) is 5.91 Å². The van der Waals surface area contributed by atoms with Gasteiger partial charge in [0.15, 0.2) is 0 Å². The van der Waals surface area contributed by atoms with Gasteiger partial charge in [0, 0.05) is 15.7 Å². The second kappa shape index (κ2) is 5.14. The lowest BCUT2D eigenvalue weighted by atomic mass is 10.1. The summed E-state index contributed by atoms with van der Waals surface area (Å²) in [5.41, 5.74) is 6.66. The summed E-state index contributed by atoms with van der Waals surface area (Å²) in [5.74, 6) is -0.00708. The third-order valence-electron chi connectivity index (χ3n) is 3.00. The highest BCUT2D eigenvalue weighted by atomic mass is 127. The largest absolute Gasteiger partial charge is 0.348 e. The Labute approximate surface area is 109 Å². The predicted octanol–water partition coefficient (Wildman–Crippen LogP) is 1.90. The maximum absolute atomic E-state index is 12.0. The number of nitrogens with one attached hydrogen (secondary N) is 1. The Kier molecular flexibility index (Phi) is 3.81. The summed E-state index contributed by atoms with van der Waals surface area (Å²) < 4.78 is 0.976. The Morgan fingerprint density at radius 2 is 2.12 bits per heavy atom. The number of halogens is 1. The molecule has 4 heteroatoms. The molecule has 0 bridgehead atoms. The predicted molar refractivity (Wildman–Crippen MR) is 72.2 cm³/mol. The molecule has 1 aromatic carbocycles. The number of benzene rings is 1. The first-order chi connectivity index (χ1) is 7.68. The van der Waals surface area contributed by atoms with Crippen molar-refractivity contribution in [1.82, 2.24) is 5.32 Å². The highest BCUT2D eigenvalue weighted by molar-refractivity contribution is 14.1. The standard InChI is InChI=1S/C12H15IN2O/c13-9-5-2-1-4-8(9)12(16)15-11-7-3-6-10(11)14/h1-2,4-5,10-11H,3,6-7,14H2,(H,15,16). The minimum absolute atomic E-state index is 0.00708. The molecule has 1 aliphatic rings. The molecule has 1 aromatic rings. The molecule has 2 rings (SSSR count). The van der Waals surface area contributed by atoms with Crippen LogP contribution in [-0.4, -0.2) is 18.0 Å². The lowest BCUT2D eigenvalue weighted by Gasteiger charge is -2.17. The van der Waals surface area contributed by atoms with E-state index in [1.807, 2.05) is 24.3 Å². The summed E-state index contributed by atoms with van der Waals surface area (Å²) in [6.07, 6.45) is 3.12. The van der Waals surface area contributed by atoms with E-state index in [9.17, 15) is 4.79 Å². The van der Waals surface area contributed by atoms with Crippen molar-refractivity contribution in [2.24, 2.45) is 5.73 Å². The van der Waals surface area contributed by atoms with Crippen LogP contribution < -0.4 is 11.1 Å². The van der Waals surface area contributed by atoms with Gasteiger partial charge < -0.3 is 11.1 Å². The van der Waals surface area contributed by atoms with Crippen molar-refractivity contribution in [2.75, 3.05) is 0 Å². The number of carbonyl (C=O) groups excluding carboxylic acids is 1. The molecule has 0 aliphatic heterocycles. The first kappa shape index (κ1) is 11.9. The van der Waals surface area contributed by atoms with Gasteiger partial charge in [-0.3, -0.25) is 4.79 Å². The van der Waals surface area contributed by atoms with E-state index in [4.69, 9.17) is 5.73 Å². The lowest BCUT2D eigenvalue weighted by Crippen LogP contribution is -2.44. The van der Waals surface area contributed by atoms with E-state index >= 15 is 0 Å². The Hall–Kier alpha value is -0.620. The highest BCUT2D eigenvalue weighted by Crippen LogP contribution is 2.18. The minimum atomic E-state index is -0.00708. The third-order valence-corrected chi connectivity index (χ3v) is 3.95. The molecule has 3 N–H and O–H groups in total. The van der Waals surface area contributed by atoms with Crippen molar-refractivity contribution in [1.29, 1.82) is 0 Å². The molecule has 1 saturated carbocycles. The number of hydrogen-bond donors (Lipinski definition) is 2. The van der Waals surface area contributed by atoms with Gasteiger partial charge >= 0.3 is 0 Å². The quantitative estimate of drug-likeness (QED) is 0.814. The van der Waals surface area contributed by atoms with Gasteiger partial charge in [-0.2, -0.15) is 0 Å². The highest BCUT2D eigenvalue weighted by Gasteiger charge is 2.25. The van der Waals surface area contributed by atoms with Gasteiger partial charge in [-0.05, 0) is 54.0 Å². The van der Waals surface area contributed by atoms with Gasteiger partial charge in [-0.1, -0.05) is 12.1 Å². The van der Waals surface area contributed by atoms with E-state index < -0.39 is 0 Å². The monoisotopic (exact) mass is 330 g/mol. The molecule has 2 unspecified atom stereocenters. The van der Waals surface area contributed by atoms with Crippen LogP contribution in [0.2, 0.25) is 0 Å². The van der Waals surface area contributed by atoms with Gasteiger partial charge in [-0.15, -0.1) is 0 Å². The van der Waals surface area contributed by atoms with Gasteiger partial charge in [0.05, 0.1) is 5.56 Å². The molecule has 86 valence electrons. The molecule has 16 heavy (non-hydrogen) atoms. The van der Waals surface area contributed by atoms with Crippen LogP contribution in [0.1, 0.15) is 29.6 Å². The molecule has 3 nitrogen and oxygen atoms in total. The Morgan fingerprint density at radius 1 is 1.38 bits per heavy atom. The normalized spacial score (nSPS) is 24.4. The van der Waals surface area contributed by atoms with Gasteiger partial charge in [0.1, 0.15) is 0 Å². The van der Waals surface area contributed by atoms with Crippen molar-refractivity contribution in [2.45, 2.75) is 31.3 Å². The Balaban J connectivity index is 2.06. The fraction of sp³-hybridized carbons (Fsp3) is 0.417. The van der Waals surface area contributed by atoms with Gasteiger partial charge in [0.2, 0.25) is 0 Å². The molecule has 2 atom stereocenters. The number of carbonyl (C=O) groups is 1. The zero-order valence-corrected chi connectivity index (χ0v) is 11.1. The second-order valence-corrected chi connectivity index (χ2v) is 5.32. The maximum atomic E-state index is 12.0. The van der Waals surface area contributed by atoms with Crippen molar-refractivity contribution in [3.05, 3.63) is 33.4 Å². The number of hydrogen-bond acceptors (Lipinski definition) is 2. The smallest absolute Gasteiger partial charge is 0.252 e. The van der Waals surface area contributed by atoms with Gasteiger partial charge in [-0.25, -0.2) is 0 Å². The fourth-order valence-electron chi connectivity index (χ4n) is 2.06. The molecule has 0 radical (unpaired) electrons. The summed E-state index contributed by atoms with van der Waals surface area (Å²) in [4.78, 5) is 12.0. The molecule has 0 saturated heterocycles. The minimum Gasteiger partial charge on any atom is -0.348 e. The van der Waals surface area contributed by atoms with E-state index in [1.165, 1.54) is 0 Å². The molecular weight excluding hydrogens is 315 g/mol. The topological polar surface area (TPSA) is 55.1 Å². The maximum Gasteiger partial charge on any atom is 0.252 e. The van der Waals surface area contributed by atoms with E-state index in [1.54, 1.807) is 0 Å². The van der Waals surface area contributed by atoms with Crippen LogP contribution in [0.3, 0.4) is 0 Å². The van der Waals surface area contributed by atoms with Crippen LogP contribution in [0.4, 0.5) is 0 Å². The van der Waals surface area contributed by atoms with E-state index in [2.05, 4.69) is 27.9 Å². The SMILES string of the molecule is NC1CCCC1NC(=O)c1ccccc1I. The molecule has 0 heterocycles. The average Bonchev–Trinajstić information content (AvgIpc) is 2.65. The van der Waals surface area contributed by atoms with Crippen LogP contribution in [0.15, 0.2) is 24.3 Å². The fourth-order valence-corrected chi connectivity index (χ4v) is 2.69. The summed E-state index contributed by atoms with van der Waals surface area (Å²) in [7, 11) is 0. The van der Waals surface area contributed by atoms with E-state index in [0.29, 0.717) is 0 Å². The van der Waals surface area contributed by atoms with Crippen molar-refractivity contribution >= 4 is 28.5 Å². The number of rotatable bonds is 2.